The number of phenols is 3. The number of halogens is 4. The van der Waals surface area contributed by atoms with E-state index in [2.05, 4.69) is 81.4 Å². The third-order valence-corrected chi connectivity index (χ3v) is 13.8. The Morgan fingerprint density at radius 2 is 0.646 bits per heavy atom. The molecule has 82 heavy (non-hydrogen) atoms. The molecule has 0 fully saturated rings. The maximum atomic E-state index is 14.5. The number of ether oxygens (including phenoxy) is 1. The molecular weight excluding hydrogens is 1030 g/mol. The zero-order valence-corrected chi connectivity index (χ0v) is 47.4. The van der Waals surface area contributed by atoms with Crippen molar-refractivity contribution in [2.24, 2.45) is 0 Å². The first kappa shape index (κ1) is 60.8. The molecule has 4 nitrogen and oxygen atoms in total. The van der Waals surface area contributed by atoms with E-state index < -0.39 is 11.6 Å². The fourth-order valence-corrected chi connectivity index (χ4v) is 9.15. The lowest BCUT2D eigenvalue weighted by Crippen LogP contribution is -2.00. The number of hydrogen-bond donors (Lipinski definition) is 3. The summed E-state index contributed by atoms with van der Waals surface area (Å²) in [5.74, 6) is -1.88. The molecule has 0 radical (unpaired) electrons. The highest BCUT2D eigenvalue weighted by Crippen LogP contribution is 2.33. The number of phenolic OH excluding ortho intramolecular Hbond substituents is 3. The number of hydrogen-bond acceptors (Lipinski definition) is 4. The van der Waals surface area contributed by atoms with Crippen LogP contribution in [0.1, 0.15) is 82.1 Å². The standard InChI is InChI=1S/C22H21F.C21H19FO.C16H18O.C15H14F2O2/c1-3-4-17-7-11-18(12-8-17)20-13-14-21(22(23)15-20)19-9-5-16(2)6-10-19;1-2-3-15-4-6-16(7-5-15)18-10-13-20(21(22)14-18)17-8-11-19(23)12-9-17;1-2-3-4-13-5-7-14(8-6-13)15-9-11-16(17)12-10-15;1-2-9-19-13-8-7-12(14(16)15(13)17)10-3-5-11(18)6-4-10/h5-15H,3-4H2,1-2H3;4-14,23H,2-3H2,1H3;5-12,17H,2-4H2,1H3;3-8,18H,2,9H2,1H3. The summed E-state index contributed by atoms with van der Waals surface area (Å²) in [6.07, 6.45) is 8.77. The van der Waals surface area contributed by atoms with Crippen LogP contribution in [0.4, 0.5) is 17.6 Å². The summed E-state index contributed by atoms with van der Waals surface area (Å²) in [5, 5.41) is 27.8. The molecular formula is C74H72F4O4. The van der Waals surface area contributed by atoms with Crippen LogP contribution in [0.3, 0.4) is 0 Å². The summed E-state index contributed by atoms with van der Waals surface area (Å²) < 4.78 is 61.9. The minimum absolute atomic E-state index is 0.0764. The Bertz CT molecular complexity index is 3400. The van der Waals surface area contributed by atoms with Crippen molar-refractivity contribution in [2.45, 2.75) is 86.0 Å². The lowest BCUT2D eigenvalue weighted by Gasteiger charge is -2.09. The van der Waals surface area contributed by atoms with Crippen LogP contribution >= 0.6 is 0 Å². The van der Waals surface area contributed by atoms with Gasteiger partial charge in [-0.05, 0) is 166 Å². The largest absolute Gasteiger partial charge is 0.508 e. The highest BCUT2D eigenvalue weighted by Gasteiger charge is 2.16. The van der Waals surface area contributed by atoms with Gasteiger partial charge in [-0.15, -0.1) is 0 Å². The third-order valence-electron chi connectivity index (χ3n) is 13.8. The zero-order chi connectivity index (χ0) is 58.4. The second-order valence-corrected chi connectivity index (χ2v) is 20.2. The Kier molecular flexibility index (Phi) is 22.7. The van der Waals surface area contributed by atoms with Gasteiger partial charge in [0.1, 0.15) is 28.9 Å². The quantitative estimate of drug-likeness (QED) is 0.0844. The first-order valence-electron chi connectivity index (χ1n) is 28.2. The molecule has 0 aromatic heterocycles. The van der Waals surface area contributed by atoms with Crippen LogP contribution in [0.25, 0.3) is 66.8 Å². The van der Waals surface area contributed by atoms with Crippen molar-refractivity contribution >= 4 is 0 Å². The molecule has 420 valence electrons. The molecule has 10 aromatic rings. The van der Waals surface area contributed by atoms with Gasteiger partial charge in [0.25, 0.3) is 0 Å². The second-order valence-electron chi connectivity index (χ2n) is 20.2. The van der Waals surface area contributed by atoms with E-state index in [4.69, 9.17) is 4.74 Å². The number of benzene rings is 10. The molecule has 10 aromatic carbocycles. The van der Waals surface area contributed by atoms with E-state index in [-0.39, 0.29) is 34.4 Å². The van der Waals surface area contributed by atoms with Crippen LogP contribution in [0.5, 0.6) is 23.0 Å². The van der Waals surface area contributed by atoms with Crippen molar-refractivity contribution in [3.8, 4) is 89.8 Å². The molecule has 0 aliphatic heterocycles. The highest BCUT2D eigenvalue weighted by molar-refractivity contribution is 5.73. The molecule has 10 rings (SSSR count). The maximum Gasteiger partial charge on any atom is 0.201 e. The van der Waals surface area contributed by atoms with Crippen LogP contribution in [0.15, 0.2) is 218 Å². The molecule has 0 bridgehead atoms. The molecule has 3 N–H and O–H groups in total. The summed E-state index contributed by atoms with van der Waals surface area (Å²) in [7, 11) is 0. The van der Waals surface area contributed by atoms with E-state index in [0.29, 0.717) is 29.0 Å². The van der Waals surface area contributed by atoms with E-state index in [1.165, 1.54) is 77.1 Å². The lowest BCUT2D eigenvalue weighted by molar-refractivity contribution is 0.295. The molecule has 0 spiro atoms. The van der Waals surface area contributed by atoms with Gasteiger partial charge in [0.15, 0.2) is 11.6 Å². The van der Waals surface area contributed by atoms with Gasteiger partial charge in [-0.3, -0.25) is 0 Å². The van der Waals surface area contributed by atoms with Gasteiger partial charge in [0.05, 0.1) is 6.61 Å². The van der Waals surface area contributed by atoms with E-state index >= 15 is 0 Å². The van der Waals surface area contributed by atoms with Crippen molar-refractivity contribution in [2.75, 3.05) is 6.61 Å². The second kappa shape index (κ2) is 30.6. The summed E-state index contributed by atoms with van der Waals surface area (Å²) in [4.78, 5) is 0. The highest BCUT2D eigenvalue weighted by atomic mass is 19.2. The number of aryl methyl sites for hydroxylation is 4. The normalized spacial score (nSPS) is 10.6. The van der Waals surface area contributed by atoms with Gasteiger partial charge in [-0.25, -0.2) is 13.2 Å². The lowest BCUT2D eigenvalue weighted by atomic mass is 9.98. The van der Waals surface area contributed by atoms with E-state index in [0.717, 1.165) is 77.5 Å². The third kappa shape index (κ3) is 17.3. The van der Waals surface area contributed by atoms with Crippen LogP contribution in [-0.4, -0.2) is 21.9 Å². The summed E-state index contributed by atoms with van der Waals surface area (Å²) in [5.41, 5.74) is 14.9. The number of rotatable bonds is 16. The van der Waals surface area contributed by atoms with Crippen LogP contribution in [-0.2, 0) is 19.3 Å². The number of aromatic hydroxyl groups is 3. The smallest absolute Gasteiger partial charge is 0.201 e. The first-order chi connectivity index (χ1) is 39.8. The van der Waals surface area contributed by atoms with Crippen molar-refractivity contribution in [3.63, 3.8) is 0 Å². The van der Waals surface area contributed by atoms with Crippen molar-refractivity contribution < 1.29 is 37.6 Å². The predicted octanol–water partition coefficient (Wildman–Crippen LogP) is 20.8. The Hall–Kier alpha value is -8.88. The monoisotopic (exact) mass is 1100 g/mol. The topological polar surface area (TPSA) is 69.9 Å². The van der Waals surface area contributed by atoms with Crippen LogP contribution < -0.4 is 4.74 Å². The van der Waals surface area contributed by atoms with Crippen LogP contribution in [0.2, 0.25) is 0 Å². The minimum Gasteiger partial charge on any atom is -0.508 e. The molecule has 0 amide bonds. The fraction of sp³-hybridized carbons (Fsp3) is 0.189. The molecule has 0 unspecified atom stereocenters. The Morgan fingerprint density at radius 3 is 1.02 bits per heavy atom. The number of unbranched alkanes of at least 4 members (excludes halogenated alkanes) is 1. The fourth-order valence-electron chi connectivity index (χ4n) is 9.15. The Labute approximate surface area is 481 Å². The van der Waals surface area contributed by atoms with E-state index in [9.17, 15) is 32.9 Å². The van der Waals surface area contributed by atoms with E-state index in [1.807, 2.05) is 80.6 Å². The van der Waals surface area contributed by atoms with Gasteiger partial charge in [0, 0.05) is 16.7 Å². The van der Waals surface area contributed by atoms with Gasteiger partial charge < -0.3 is 20.1 Å². The predicted molar refractivity (Wildman–Crippen MR) is 330 cm³/mol. The summed E-state index contributed by atoms with van der Waals surface area (Å²) in [6, 6.07) is 66.8. The van der Waals surface area contributed by atoms with E-state index in [1.54, 1.807) is 54.6 Å². The SMILES string of the molecule is CCCCc1ccc(-c2ccc(O)cc2)cc1.CCCOc1ccc(-c2ccc(O)cc2)c(F)c1F.CCCc1ccc(-c2ccc(-c3ccc(C)cc3)c(F)c2)cc1.CCCc1ccc(-c2ccc(-c3ccc(O)cc3)c(F)c2)cc1. The first-order valence-corrected chi connectivity index (χ1v) is 28.2. The molecule has 0 heterocycles. The molecule has 0 atom stereocenters. The molecule has 8 heteroatoms. The maximum absolute atomic E-state index is 14.5. The van der Waals surface area contributed by atoms with Gasteiger partial charge in [0.2, 0.25) is 5.82 Å². The Morgan fingerprint density at radius 1 is 0.317 bits per heavy atom. The Balaban J connectivity index is 0.000000159. The molecule has 0 saturated carbocycles. The minimum atomic E-state index is -0.987. The molecule has 0 saturated heterocycles. The average molecular weight is 1100 g/mol. The van der Waals surface area contributed by atoms with Crippen molar-refractivity contribution in [3.05, 3.63) is 264 Å². The van der Waals surface area contributed by atoms with Gasteiger partial charge >= 0.3 is 0 Å². The zero-order valence-electron chi connectivity index (χ0n) is 47.4. The summed E-state index contributed by atoms with van der Waals surface area (Å²) >= 11 is 0. The van der Waals surface area contributed by atoms with Crippen LogP contribution in [0, 0.1) is 30.2 Å². The van der Waals surface area contributed by atoms with Gasteiger partial charge in [-0.1, -0.05) is 210 Å². The average Bonchev–Trinajstić information content (AvgIpc) is 3.56. The molecule has 0 aliphatic carbocycles. The van der Waals surface area contributed by atoms with Crippen molar-refractivity contribution in [1.29, 1.82) is 0 Å². The van der Waals surface area contributed by atoms with Gasteiger partial charge in [-0.2, -0.15) is 4.39 Å². The summed E-state index contributed by atoms with van der Waals surface area (Å²) in [6.45, 7) is 10.8. The molecule has 0 aliphatic rings. The van der Waals surface area contributed by atoms with Crippen molar-refractivity contribution in [1.82, 2.24) is 0 Å².